The number of likely N-dealkylation sites (N-methyl/N-ethyl adjacent to an activating group) is 1. The third-order valence-corrected chi connectivity index (χ3v) is 4.55. The third kappa shape index (κ3) is 4.30. The molecule has 0 saturated carbocycles. The Balaban J connectivity index is 2.10. The molecule has 0 saturated heterocycles. The van der Waals surface area contributed by atoms with E-state index < -0.39 is 0 Å². The average Bonchev–Trinajstić information content (AvgIpc) is 3.12. The van der Waals surface area contributed by atoms with E-state index in [9.17, 15) is 4.79 Å². The van der Waals surface area contributed by atoms with Gasteiger partial charge in [0.1, 0.15) is 5.56 Å². The van der Waals surface area contributed by atoms with Crippen molar-refractivity contribution in [2.24, 2.45) is 0 Å². The van der Waals surface area contributed by atoms with Crippen molar-refractivity contribution in [3.8, 4) is 5.88 Å². The number of carbonyl (C=O) groups is 1. The number of thiophene rings is 1. The summed E-state index contributed by atoms with van der Waals surface area (Å²) in [5.74, 6) is 0.183. The second-order valence-corrected chi connectivity index (χ2v) is 5.84. The summed E-state index contributed by atoms with van der Waals surface area (Å²) in [7, 11) is 1.52. The number of ether oxygens (including phenoxy) is 1. The molecule has 0 radical (unpaired) electrons. The van der Waals surface area contributed by atoms with Crippen molar-refractivity contribution in [2.45, 2.75) is 19.9 Å². The number of hydrogen-bond donors (Lipinski definition) is 1. The van der Waals surface area contributed by atoms with Gasteiger partial charge in [-0.1, -0.05) is 13.8 Å². The van der Waals surface area contributed by atoms with Crippen LogP contribution in [0.2, 0.25) is 0 Å². The zero-order chi connectivity index (χ0) is 16.7. The minimum absolute atomic E-state index is 0.165. The molecule has 0 spiro atoms. The molecule has 23 heavy (non-hydrogen) atoms. The minimum Gasteiger partial charge on any atom is -0.480 e. The Kier molecular flexibility index (Phi) is 6.55. The molecule has 1 amide bonds. The van der Waals surface area contributed by atoms with Crippen molar-refractivity contribution in [3.63, 3.8) is 0 Å². The number of amides is 1. The lowest BCUT2D eigenvalue weighted by atomic mass is 10.1. The lowest BCUT2D eigenvalue weighted by molar-refractivity contribution is 0.0931. The van der Waals surface area contributed by atoms with E-state index >= 15 is 0 Å². The number of rotatable bonds is 8. The predicted molar refractivity (Wildman–Crippen MR) is 93.1 cm³/mol. The van der Waals surface area contributed by atoms with Crippen molar-refractivity contribution in [2.75, 3.05) is 26.7 Å². The van der Waals surface area contributed by atoms with E-state index in [1.807, 2.05) is 0 Å². The molecule has 0 fully saturated rings. The molecule has 2 aromatic rings. The SMILES string of the molecule is CCN(CC)[C@H](CNC(=O)c1cccnc1OC)c1ccsc1. The molecule has 6 heteroatoms. The highest BCUT2D eigenvalue weighted by atomic mass is 32.1. The highest BCUT2D eigenvalue weighted by molar-refractivity contribution is 7.07. The Morgan fingerprint density at radius 1 is 1.39 bits per heavy atom. The number of nitrogens with one attached hydrogen (secondary N) is 1. The first kappa shape index (κ1) is 17.4. The van der Waals surface area contributed by atoms with Crippen LogP contribution >= 0.6 is 11.3 Å². The summed E-state index contributed by atoms with van der Waals surface area (Å²) < 4.78 is 5.15. The number of carbonyl (C=O) groups excluding carboxylic acids is 1. The second kappa shape index (κ2) is 8.64. The Bertz CT molecular complexity index is 612. The fourth-order valence-electron chi connectivity index (χ4n) is 2.60. The van der Waals surface area contributed by atoms with Gasteiger partial charge in [0.2, 0.25) is 5.88 Å². The summed E-state index contributed by atoms with van der Waals surface area (Å²) >= 11 is 1.67. The van der Waals surface area contributed by atoms with E-state index in [4.69, 9.17) is 4.74 Å². The van der Waals surface area contributed by atoms with E-state index in [2.05, 4.69) is 45.9 Å². The number of hydrogen-bond acceptors (Lipinski definition) is 5. The maximum atomic E-state index is 12.5. The van der Waals surface area contributed by atoms with Gasteiger partial charge in [0, 0.05) is 12.7 Å². The first-order chi connectivity index (χ1) is 11.2. The largest absolute Gasteiger partial charge is 0.480 e. The lowest BCUT2D eigenvalue weighted by Gasteiger charge is -2.29. The molecule has 124 valence electrons. The summed E-state index contributed by atoms with van der Waals surface area (Å²) in [5, 5.41) is 7.22. The molecular formula is C17H23N3O2S. The summed E-state index contributed by atoms with van der Waals surface area (Å²) in [5.41, 5.74) is 1.69. The maximum Gasteiger partial charge on any atom is 0.256 e. The van der Waals surface area contributed by atoms with Crippen LogP contribution in [0.5, 0.6) is 5.88 Å². The van der Waals surface area contributed by atoms with Crippen molar-refractivity contribution in [1.82, 2.24) is 15.2 Å². The molecule has 2 aromatic heterocycles. The molecule has 0 unspecified atom stereocenters. The molecule has 2 rings (SSSR count). The lowest BCUT2D eigenvalue weighted by Crippen LogP contribution is -2.38. The molecule has 0 aliphatic carbocycles. The highest BCUT2D eigenvalue weighted by Crippen LogP contribution is 2.22. The van der Waals surface area contributed by atoms with Gasteiger partial charge in [-0.05, 0) is 47.6 Å². The average molecular weight is 333 g/mol. The van der Waals surface area contributed by atoms with Crippen LogP contribution in [0.25, 0.3) is 0 Å². The van der Waals surface area contributed by atoms with Crippen LogP contribution < -0.4 is 10.1 Å². The molecule has 0 aromatic carbocycles. The summed E-state index contributed by atoms with van der Waals surface area (Å²) in [6.07, 6.45) is 1.61. The minimum atomic E-state index is -0.165. The van der Waals surface area contributed by atoms with Gasteiger partial charge in [0.15, 0.2) is 0 Å². The smallest absolute Gasteiger partial charge is 0.256 e. The summed E-state index contributed by atoms with van der Waals surface area (Å²) in [6.45, 7) is 6.69. The normalized spacial score (nSPS) is 12.2. The van der Waals surface area contributed by atoms with Gasteiger partial charge in [-0.15, -0.1) is 0 Å². The van der Waals surface area contributed by atoms with Crippen molar-refractivity contribution < 1.29 is 9.53 Å². The van der Waals surface area contributed by atoms with Gasteiger partial charge in [0.05, 0.1) is 13.2 Å². The predicted octanol–water partition coefficient (Wildman–Crippen LogP) is 2.96. The van der Waals surface area contributed by atoms with Crippen LogP contribution in [0.4, 0.5) is 0 Å². The van der Waals surface area contributed by atoms with Crippen LogP contribution in [-0.4, -0.2) is 42.5 Å². The topological polar surface area (TPSA) is 54.5 Å². The zero-order valence-corrected chi connectivity index (χ0v) is 14.6. The van der Waals surface area contributed by atoms with Crippen molar-refractivity contribution in [3.05, 3.63) is 46.3 Å². The van der Waals surface area contributed by atoms with Crippen LogP contribution in [0.1, 0.15) is 35.8 Å². The Morgan fingerprint density at radius 3 is 2.78 bits per heavy atom. The van der Waals surface area contributed by atoms with Crippen molar-refractivity contribution in [1.29, 1.82) is 0 Å². The highest BCUT2D eigenvalue weighted by Gasteiger charge is 2.20. The molecule has 5 nitrogen and oxygen atoms in total. The van der Waals surface area contributed by atoms with E-state index in [1.54, 1.807) is 29.7 Å². The Morgan fingerprint density at radius 2 is 2.17 bits per heavy atom. The number of pyridine rings is 1. The molecule has 0 aliphatic heterocycles. The van der Waals surface area contributed by atoms with Crippen LogP contribution in [0.15, 0.2) is 35.2 Å². The van der Waals surface area contributed by atoms with Gasteiger partial charge in [-0.3, -0.25) is 9.69 Å². The van der Waals surface area contributed by atoms with Crippen LogP contribution in [0.3, 0.4) is 0 Å². The quantitative estimate of drug-likeness (QED) is 0.807. The van der Waals surface area contributed by atoms with E-state index in [-0.39, 0.29) is 11.9 Å². The fourth-order valence-corrected chi connectivity index (χ4v) is 3.30. The molecule has 0 aliphatic rings. The number of methoxy groups -OCH3 is 1. The monoisotopic (exact) mass is 333 g/mol. The first-order valence-corrected chi connectivity index (χ1v) is 8.68. The second-order valence-electron chi connectivity index (χ2n) is 5.06. The van der Waals surface area contributed by atoms with Gasteiger partial charge in [-0.25, -0.2) is 4.98 Å². The molecular weight excluding hydrogens is 310 g/mol. The molecule has 1 N–H and O–H groups in total. The number of nitrogens with zero attached hydrogens (tertiary/aromatic N) is 2. The fraction of sp³-hybridized carbons (Fsp3) is 0.412. The molecule has 0 bridgehead atoms. The van der Waals surface area contributed by atoms with Gasteiger partial charge < -0.3 is 10.1 Å². The van der Waals surface area contributed by atoms with E-state index in [0.717, 1.165) is 13.1 Å². The van der Waals surface area contributed by atoms with Crippen LogP contribution in [-0.2, 0) is 0 Å². The standard InChI is InChI=1S/C17H23N3O2S/c1-4-20(5-2)15(13-8-10-23-12-13)11-19-16(21)14-7-6-9-18-17(14)22-3/h6-10,12,15H,4-5,11H2,1-3H3,(H,19,21)/t15-/m1/s1. The summed E-state index contributed by atoms with van der Waals surface area (Å²) in [6, 6.07) is 5.74. The third-order valence-electron chi connectivity index (χ3n) is 3.85. The van der Waals surface area contributed by atoms with Crippen LogP contribution in [0, 0.1) is 0 Å². The first-order valence-electron chi connectivity index (χ1n) is 7.74. The maximum absolute atomic E-state index is 12.5. The van der Waals surface area contributed by atoms with E-state index in [0.29, 0.717) is 18.0 Å². The van der Waals surface area contributed by atoms with Gasteiger partial charge >= 0.3 is 0 Å². The number of aromatic nitrogens is 1. The van der Waals surface area contributed by atoms with E-state index in [1.165, 1.54) is 12.7 Å². The van der Waals surface area contributed by atoms with Gasteiger partial charge in [-0.2, -0.15) is 11.3 Å². The summed E-state index contributed by atoms with van der Waals surface area (Å²) in [4.78, 5) is 18.9. The van der Waals surface area contributed by atoms with Crippen molar-refractivity contribution >= 4 is 17.2 Å². The molecule has 1 atom stereocenters. The Labute approximate surface area is 141 Å². The molecule has 2 heterocycles. The Hall–Kier alpha value is -1.92. The zero-order valence-electron chi connectivity index (χ0n) is 13.8. The van der Waals surface area contributed by atoms with Gasteiger partial charge in [0.25, 0.3) is 5.91 Å².